The average Bonchev–Trinajstić information content (AvgIpc) is 3.91. The molecule has 0 aliphatic carbocycles. The van der Waals surface area contributed by atoms with Crippen LogP contribution < -0.4 is 11.5 Å². The van der Waals surface area contributed by atoms with Crippen LogP contribution in [0.1, 0.15) is 70.7 Å². The number of aromatic nitrogens is 8. The summed E-state index contributed by atoms with van der Waals surface area (Å²) >= 11 is 8.54. The van der Waals surface area contributed by atoms with Crippen molar-refractivity contribution < 1.29 is 46.5 Å². The number of hydrogen-bond donors (Lipinski definition) is 5. The summed E-state index contributed by atoms with van der Waals surface area (Å²) in [5.41, 5.74) is 13.2. The Morgan fingerprint density at radius 1 is 0.759 bits per heavy atom. The van der Waals surface area contributed by atoms with E-state index in [-0.39, 0.29) is 22.8 Å². The van der Waals surface area contributed by atoms with Gasteiger partial charge in [0.1, 0.15) is 60.3 Å². The summed E-state index contributed by atoms with van der Waals surface area (Å²) in [5, 5.41) is 11.4. The average molecular weight is 831 g/mol. The van der Waals surface area contributed by atoms with E-state index < -0.39 is 75.9 Å². The predicted octanol–water partition coefficient (Wildman–Crippen LogP) is 4.41. The third-order valence-corrected chi connectivity index (χ3v) is 12.8. The molecule has 2 bridgehead atoms. The Labute approximate surface area is 320 Å². The van der Waals surface area contributed by atoms with E-state index in [0.29, 0.717) is 17.8 Å². The number of aliphatic hydroxyl groups excluding tert-OH is 1. The molecule has 20 nitrogen and oxygen atoms in total. The number of nitrogens with two attached hydrogens (primary N) is 2. The van der Waals surface area contributed by atoms with Crippen LogP contribution in [0.15, 0.2) is 25.3 Å². The van der Waals surface area contributed by atoms with Crippen LogP contribution in [-0.4, -0.2) is 101 Å². The molecular weight excluding hydrogens is 786 g/mol. The van der Waals surface area contributed by atoms with Crippen molar-refractivity contribution in [2.45, 2.75) is 107 Å². The Kier molecular flexibility index (Phi) is 12.5. The lowest BCUT2D eigenvalue weighted by Crippen LogP contribution is -2.38. The molecule has 0 saturated carbocycles. The number of unbranched alkanes of at least 4 members (excludes halogenated alkanes) is 7. The molecule has 5 N–H and O–H groups in total. The van der Waals surface area contributed by atoms with Gasteiger partial charge >= 0.3 is 13.6 Å². The van der Waals surface area contributed by atoms with Crippen LogP contribution in [0.5, 0.6) is 0 Å². The van der Waals surface area contributed by atoms with Gasteiger partial charge in [0.2, 0.25) is 0 Å². The fourth-order valence-corrected chi connectivity index (χ4v) is 9.78. The monoisotopic (exact) mass is 830 g/mol. The number of fused-ring (bicyclic) bond motifs is 5. The molecule has 54 heavy (non-hydrogen) atoms. The molecule has 4 aromatic rings. The summed E-state index contributed by atoms with van der Waals surface area (Å²) in [7, 11) is 0. The highest BCUT2D eigenvalue weighted by Crippen LogP contribution is 2.60. The Hall–Kier alpha value is -2.46. The van der Waals surface area contributed by atoms with Crippen LogP contribution in [0.3, 0.4) is 0 Å². The molecule has 3 aliphatic heterocycles. The number of nitrogens with zero attached hydrogens (tertiary/aromatic N) is 8. The molecule has 0 radical (unpaired) electrons. The fraction of sp³-hybridized carbons (Fsp3) is 0.667. The van der Waals surface area contributed by atoms with Crippen LogP contribution in [0.2, 0.25) is 0 Å². The molecule has 10 atom stereocenters. The number of rotatable bonds is 12. The van der Waals surface area contributed by atoms with E-state index >= 15 is 0 Å². The summed E-state index contributed by atoms with van der Waals surface area (Å²) in [5.74, 6) is 0.269. The standard InChI is InChI=1S/C30H44N10O10P2S2/c1-2-3-4-5-6-7-8-9-10-44-24-22-18(48-30(24)40-16-38-20-26(32)34-14-36-28(20)40)12-46-52(43,54)50-23-21(41)17(11-45-51(42,53)49-22)47-29(23)39-15-37-19-25(31)33-13-35-27(19)39/h13-18,21-24,29-30,41H,2-12H2,1H3,(H,42,53)(H,43,54)(H2,31,33,35)(H2,32,34,36)/t17-,18-,21-,22-,23-,24-,29-,30-,51-,52-/m1/s1. The van der Waals surface area contributed by atoms with Gasteiger partial charge in [-0.1, -0.05) is 76.4 Å². The summed E-state index contributed by atoms with van der Waals surface area (Å²) in [6.07, 6.45) is 4.69. The van der Waals surface area contributed by atoms with Gasteiger partial charge in [-0.2, -0.15) is 0 Å². The van der Waals surface area contributed by atoms with E-state index in [4.69, 9.17) is 43.8 Å². The first kappa shape index (κ1) is 39.8. The van der Waals surface area contributed by atoms with Crippen molar-refractivity contribution in [2.24, 2.45) is 0 Å². The molecule has 4 aromatic heterocycles. The summed E-state index contributed by atoms with van der Waals surface area (Å²) in [6.45, 7) is -7.01. The topological polar surface area (TPSA) is 258 Å². The second kappa shape index (κ2) is 17.0. The number of nitrogen functional groups attached to an aromatic ring is 2. The van der Waals surface area contributed by atoms with E-state index in [1.165, 1.54) is 55.6 Å². The highest BCUT2D eigenvalue weighted by molar-refractivity contribution is 8.44. The number of ether oxygens (including phenoxy) is 3. The van der Waals surface area contributed by atoms with Crippen LogP contribution in [0.4, 0.5) is 11.6 Å². The van der Waals surface area contributed by atoms with Gasteiger partial charge in [-0.3, -0.25) is 27.2 Å². The van der Waals surface area contributed by atoms with Gasteiger partial charge < -0.3 is 30.8 Å². The molecule has 3 fully saturated rings. The van der Waals surface area contributed by atoms with Gasteiger partial charge in [-0.15, -0.1) is 0 Å². The van der Waals surface area contributed by atoms with Gasteiger partial charge in [-0.25, -0.2) is 39.0 Å². The molecule has 0 aromatic carbocycles. The van der Waals surface area contributed by atoms with Crippen molar-refractivity contribution in [3.05, 3.63) is 25.3 Å². The van der Waals surface area contributed by atoms with Crippen LogP contribution in [0, 0.1) is 0 Å². The maximum atomic E-state index is 14.0. The number of anilines is 2. The van der Waals surface area contributed by atoms with Crippen molar-refractivity contribution in [3.63, 3.8) is 0 Å². The number of aliphatic hydroxyl groups is 1. The molecule has 0 unspecified atom stereocenters. The third-order valence-electron chi connectivity index (χ3n) is 9.54. The summed E-state index contributed by atoms with van der Waals surface area (Å²) < 4.78 is 73.4. The van der Waals surface area contributed by atoms with Gasteiger partial charge in [0.05, 0.1) is 25.9 Å². The third kappa shape index (κ3) is 8.59. The maximum Gasteiger partial charge on any atom is 0.386 e. The minimum absolute atomic E-state index is 0.109. The first-order valence-electron chi connectivity index (χ1n) is 17.7. The highest BCUT2D eigenvalue weighted by atomic mass is 32.7. The molecule has 3 saturated heterocycles. The molecular formula is C30H44N10O10P2S2. The number of imidazole rings is 2. The lowest BCUT2D eigenvalue weighted by molar-refractivity contribution is -0.0704. The largest absolute Gasteiger partial charge is 0.387 e. The first-order valence-corrected chi connectivity index (χ1v) is 23.1. The first-order chi connectivity index (χ1) is 26.0. The van der Waals surface area contributed by atoms with E-state index in [9.17, 15) is 14.2 Å². The predicted molar refractivity (Wildman–Crippen MR) is 200 cm³/mol. The molecule has 7 heterocycles. The molecule has 3 aliphatic rings. The lowest BCUT2D eigenvalue weighted by Gasteiger charge is -2.28. The molecule has 24 heteroatoms. The Morgan fingerprint density at radius 2 is 1.28 bits per heavy atom. The van der Waals surface area contributed by atoms with E-state index in [2.05, 4.69) is 61.3 Å². The maximum absolute atomic E-state index is 14.0. The van der Waals surface area contributed by atoms with Gasteiger partial charge in [-0.05, 0) is 6.42 Å². The van der Waals surface area contributed by atoms with Crippen molar-refractivity contribution in [1.82, 2.24) is 39.0 Å². The molecule has 7 rings (SSSR count). The molecule has 296 valence electrons. The Bertz CT molecular complexity index is 2010. The highest BCUT2D eigenvalue weighted by Gasteiger charge is 2.54. The summed E-state index contributed by atoms with van der Waals surface area (Å²) in [6, 6.07) is 0. The SMILES string of the molecule is CCCCCCCCCCO[C@@H]1[C@@H]2O[P@](=O)(S)OC[C@H]3O[C@@H](n4cnc5c(N)ncnc54)[C@H](O[P@](=O)(S)OC[C@H]2O[C@H]1n1cnc2c(N)ncnc21)[C@@H]3O. The smallest absolute Gasteiger partial charge is 0.386 e. The molecule has 0 spiro atoms. The summed E-state index contributed by atoms with van der Waals surface area (Å²) in [4.78, 5) is 25.2. The minimum atomic E-state index is -4.31. The zero-order valence-corrected chi connectivity index (χ0v) is 32.9. The zero-order valence-electron chi connectivity index (χ0n) is 29.3. The van der Waals surface area contributed by atoms with Crippen molar-refractivity contribution in [2.75, 3.05) is 31.3 Å². The van der Waals surface area contributed by atoms with Gasteiger partial charge in [0.15, 0.2) is 35.4 Å². The van der Waals surface area contributed by atoms with E-state index in [1.54, 1.807) is 4.57 Å². The lowest BCUT2D eigenvalue weighted by atomic mass is 10.1. The van der Waals surface area contributed by atoms with Crippen LogP contribution in [-0.2, 0) is 41.4 Å². The number of hydrogen-bond acceptors (Lipinski definition) is 18. The zero-order chi connectivity index (χ0) is 38.0. The van der Waals surface area contributed by atoms with Crippen LogP contribution >= 0.6 is 38.1 Å². The fourth-order valence-electron chi connectivity index (χ4n) is 6.84. The van der Waals surface area contributed by atoms with Gasteiger partial charge in [0.25, 0.3) is 0 Å². The van der Waals surface area contributed by atoms with E-state index in [1.807, 2.05) is 0 Å². The second-order valence-electron chi connectivity index (χ2n) is 13.3. The van der Waals surface area contributed by atoms with Crippen molar-refractivity contribution in [3.8, 4) is 0 Å². The van der Waals surface area contributed by atoms with Crippen LogP contribution in [0.25, 0.3) is 22.3 Å². The number of thiol groups is 2. The Morgan fingerprint density at radius 3 is 1.89 bits per heavy atom. The van der Waals surface area contributed by atoms with Crippen molar-refractivity contribution >= 4 is 72.1 Å². The quantitative estimate of drug-likeness (QED) is 0.0753. The minimum Gasteiger partial charge on any atom is -0.387 e. The van der Waals surface area contributed by atoms with E-state index in [0.717, 1.165) is 25.7 Å². The van der Waals surface area contributed by atoms with Crippen molar-refractivity contribution in [1.29, 1.82) is 0 Å². The molecule has 0 amide bonds. The second-order valence-corrected chi connectivity index (χ2v) is 19.0. The van der Waals surface area contributed by atoms with Gasteiger partial charge in [0, 0.05) is 6.61 Å². The normalized spacial score (nSPS) is 33.4. The Balaban J connectivity index is 1.15.